The second-order valence-electron chi connectivity index (χ2n) is 11.5. The Morgan fingerprint density at radius 3 is 1.54 bits per heavy atom. The SMILES string of the molecule is N#Cc1cc(-c2ccccc2-c2ccccc2N2c3ccccc3[Si](c3ccccc3)(c3ccccc3)c3ccccc32)ccn1. The topological polar surface area (TPSA) is 39.9 Å². The van der Waals surface area contributed by atoms with Gasteiger partial charge in [0.15, 0.2) is 8.07 Å². The zero-order valence-electron chi connectivity index (χ0n) is 25.1. The zero-order valence-corrected chi connectivity index (χ0v) is 26.1. The van der Waals surface area contributed by atoms with Gasteiger partial charge in [0.25, 0.3) is 0 Å². The molecule has 3 nitrogen and oxygen atoms in total. The van der Waals surface area contributed by atoms with E-state index in [9.17, 15) is 5.26 Å². The van der Waals surface area contributed by atoms with Gasteiger partial charge >= 0.3 is 0 Å². The summed E-state index contributed by atoms with van der Waals surface area (Å²) in [5, 5.41) is 15.0. The highest BCUT2D eigenvalue weighted by atomic mass is 28.3. The predicted molar refractivity (Wildman–Crippen MR) is 192 cm³/mol. The van der Waals surface area contributed by atoms with Crippen LogP contribution in [0.4, 0.5) is 17.1 Å². The number of nitriles is 1. The Kier molecular flexibility index (Phi) is 6.87. The minimum absolute atomic E-state index is 0.405. The van der Waals surface area contributed by atoms with Crippen molar-refractivity contribution in [2.24, 2.45) is 0 Å². The number of para-hydroxylation sites is 3. The molecule has 46 heavy (non-hydrogen) atoms. The monoisotopic (exact) mass is 603 g/mol. The lowest BCUT2D eigenvalue weighted by Gasteiger charge is -2.45. The molecule has 0 spiro atoms. The van der Waals surface area contributed by atoms with E-state index in [0.717, 1.165) is 27.9 Å². The first-order chi connectivity index (χ1) is 22.8. The highest BCUT2D eigenvalue weighted by Crippen LogP contribution is 2.44. The Morgan fingerprint density at radius 1 is 0.478 bits per heavy atom. The number of benzene rings is 6. The minimum Gasteiger partial charge on any atom is -0.310 e. The van der Waals surface area contributed by atoms with E-state index in [2.05, 4.69) is 174 Å². The van der Waals surface area contributed by atoms with Gasteiger partial charge in [0.1, 0.15) is 11.8 Å². The molecule has 1 aromatic heterocycles. The fourth-order valence-electron chi connectivity index (χ4n) is 7.20. The van der Waals surface area contributed by atoms with Crippen LogP contribution in [-0.2, 0) is 0 Å². The summed E-state index contributed by atoms with van der Waals surface area (Å²) in [5.41, 5.74) is 8.15. The number of hydrogen-bond acceptors (Lipinski definition) is 3. The van der Waals surface area contributed by atoms with Crippen LogP contribution in [0.25, 0.3) is 22.3 Å². The van der Waals surface area contributed by atoms with Crippen molar-refractivity contribution in [1.29, 1.82) is 5.26 Å². The van der Waals surface area contributed by atoms with Crippen molar-refractivity contribution in [2.45, 2.75) is 0 Å². The lowest BCUT2D eigenvalue weighted by molar-refractivity contribution is 1.26. The smallest absolute Gasteiger partial charge is 0.184 e. The van der Waals surface area contributed by atoms with Crippen LogP contribution in [0.3, 0.4) is 0 Å². The molecule has 0 atom stereocenters. The molecular formula is C42H29N3Si. The fourth-order valence-corrected chi connectivity index (χ4v) is 12.3. The normalized spacial score (nSPS) is 12.9. The summed E-state index contributed by atoms with van der Waals surface area (Å²) >= 11 is 0. The molecule has 7 aromatic rings. The summed E-state index contributed by atoms with van der Waals surface area (Å²) in [6.07, 6.45) is 1.71. The van der Waals surface area contributed by atoms with Crippen LogP contribution in [0, 0.1) is 11.3 Å². The van der Waals surface area contributed by atoms with E-state index in [1.165, 1.54) is 32.1 Å². The van der Waals surface area contributed by atoms with Gasteiger partial charge in [0.2, 0.25) is 0 Å². The number of pyridine rings is 1. The van der Waals surface area contributed by atoms with E-state index >= 15 is 0 Å². The Morgan fingerprint density at radius 2 is 0.957 bits per heavy atom. The third-order valence-corrected chi connectivity index (χ3v) is 13.9. The molecule has 0 unspecified atom stereocenters. The van der Waals surface area contributed by atoms with Gasteiger partial charge in [-0.1, -0.05) is 140 Å². The van der Waals surface area contributed by atoms with Crippen molar-refractivity contribution >= 4 is 45.9 Å². The van der Waals surface area contributed by atoms with Crippen LogP contribution in [-0.4, -0.2) is 13.1 Å². The summed E-state index contributed by atoms with van der Waals surface area (Å²) in [5.74, 6) is 0. The largest absolute Gasteiger partial charge is 0.310 e. The van der Waals surface area contributed by atoms with Gasteiger partial charge in [-0.05, 0) is 67.8 Å². The third kappa shape index (κ3) is 4.29. The van der Waals surface area contributed by atoms with Crippen LogP contribution in [0.1, 0.15) is 5.69 Å². The van der Waals surface area contributed by atoms with Crippen LogP contribution in [0.2, 0.25) is 0 Å². The molecule has 0 saturated carbocycles. The number of aromatic nitrogens is 1. The van der Waals surface area contributed by atoms with E-state index in [0.29, 0.717) is 5.69 Å². The Bertz CT molecular complexity index is 2150. The molecule has 2 heterocycles. The first-order valence-electron chi connectivity index (χ1n) is 15.5. The number of anilines is 3. The molecule has 0 fully saturated rings. The fraction of sp³-hybridized carbons (Fsp3) is 0. The molecule has 0 aliphatic carbocycles. The van der Waals surface area contributed by atoms with E-state index in [1.807, 2.05) is 12.1 Å². The van der Waals surface area contributed by atoms with Crippen molar-refractivity contribution in [3.8, 4) is 28.3 Å². The number of rotatable bonds is 5. The first-order valence-corrected chi connectivity index (χ1v) is 17.5. The zero-order chi connectivity index (χ0) is 30.9. The molecular weight excluding hydrogens is 575 g/mol. The van der Waals surface area contributed by atoms with Gasteiger partial charge in [-0.3, -0.25) is 0 Å². The maximum Gasteiger partial charge on any atom is 0.184 e. The van der Waals surface area contributed by atoms with Crippen LogP contribution < -0.4 is 25.6 Å². The Balaban J connectivity index is 1.42. The maximum atomic E-state index is 9.59. The molecule has 0 amide bonds. The van der Waals surface area contributed by atoms with Crippen molar-refractivity contribution < 1.29 is 0 Å². The van der Waals surface area contributed by atoms with Crippen molar-refractivity contribution in [1.82, 2.24) is 4.98 Å². The van der Waals surface area contributed by atoms with Crippen LogP contribution in [0.15, 0.2) is 176 Å². The molecule has 4 heteroatoms. The highest BCUT2D eigenvalue weighted by Gasteiger charge is 2.48. The number of hydrogen-bond donors (Lipinski definition) is 0. The van der Waals surface area contributed by atoms with Crippen LogP contribution >= 0.6 is 0 Å². The summed E-state index contributed by atoms with van der Waals surface area (Å²) in [7, 11) is -2.70. The average Bonchev–Trinajstić information content (AvgIpc) is 3.14. The lowest BCUT2D eigenvalue weighted by atomic mass is 9.93. The number of fused-ring (bicyclic) bond motifs is 2. The molecule has 6 aromatic carbocycles. The standard InChI is InChI=1S/C42H29N3Si/c43-30-32-29-31(27-28-44-32)35-19-7-8-20-36(35)37-21-9-10-22-38(37)45-39-23-11-13-25-41(39)46(33-15-3-1-4-16-33,34-17-5-2-6-18-34)42-26-14-12-24-40(42)45/h1-29H. The molecule has 0 bridgehead atoms. The second-order valence-corrected chi connectivity index (χ2v) is 15.2. The summed E-state index contributed by atoms with van der Waals surface area (Å²) in [4.78, 5) is 6.68. The van der Waals surface area contributed by atoms with E-state index in [1.54, 1.807) is 6.20 Å². The molecule has 0 N–H and O–H groups in total. The van der Waals surface area contributed by atoms with E-state index in [4.69, 9.17) is 0 Å². The van der Waals surface area contributed by atoms with Gasteiger partial charge in [0, 0.05) is 23.1 Å². The molecule has 0 radical (unpaired) electrons. The highest BCUT2D eigenvalue weighted by molar-refractivity contribution is 7.21. The summed E-state index contributed by atoms with van der Waals surface area (Å²) in [6, 6.07) is 63.3. The Hall–Kier alpha value is -6.02. The third-order valence-electron chi connectivity index (χ3n) is 9.06. The van der Waals surface area contributed by atoms with E-state index < -0.39 is 8.07 Å². The van der Waals surface area contributed by atoms with Gasteiger partial charge < -0.3 is 4.90 Å². The Labute approximate surface area is 270 Å². The maximum absolute atomic E-state index is 9.59. The van der Waals surface area contributed by atoms with Gasteiger partial charge in [-0.15, -0.1) is 0 Å². The van der Waals surface area contributed by atoms with Gasteiger partial charge in [0.05, 0.1) is 5.69 Å². The lowest BCUT2D eigenvalue weighted by Crippen LogP contribution is -2.77. The molecule has 216 valence electrons. The minimum atomic E-state index is -2.70. The molecule has 8 rings (SSSR count). The molecule has 1 aliphatic rings. The predicted octanol–water partition coefficient (Wildman–Crippen LogP) is 7.45. The van der Waals surface area contributed by atoms with Crippen LogP contribution in [0.5, 0.6) is 0 Å². The second kappa shape index (κ2) is 11.5. The van der Waals surface area contributed by atoms with Gasteiger partial charge in [-0.2, -0.15) is 5.26 Å². The summed E-state index contributed by atoms with van der Waals surface area (Å²) in [6.45, 7) is 0. The first kappa shape index (κ1) is 27.5. The summed E-state index contributed by atoms with van der Waals surface area (Å²) < 4.78 is 0. The van der Waals surface area contributed by atoms with Gasteiger partial charge in [-0.25, -0.2) is 4.98 Å². The van der Waals surface area contributed by atoms with Crippen molar-refractivity contribution in [3.63, 3.8) is 0 Å². The van der Waals surface area contributed by atoms with E-state index in [-0.39, 0.29) is 0 Å². The number of nitrogens with zero attached hydrogens (tertiary/aromatic N) is 3. The average molecular weight is 604 g/mol. The molecule has 0 saturated heterocycles. The molecule has 1 aliphatic heterocycles. The van der Waals surface area contributed by atoms with Crippen molar-refractivity contribution in [2.75, 3.05) is 4.90 Å². The van der Waals surface area contributed by atoms with Crippen molar-refractivity contribution in [3.05, 3.63) is 182 Å². The quantitative estimate of drug-likeness (QED) is 0.192.